The van der Waals surface area contributed by atoms with Crippen molar-refractivity contribution in [1.29, 1.82) is 5.26 Å². The van der Waals surface area contributed by atoms with Crippen molar-refractivity contribution < 1.29 is 23.9 Å². The first-order chi connectivity index (χ1) is 21.4. The maximum absolute atomic E-state index is 13.3. The molecule has 3 aromatic carbocycles. The number of fused-ring (bicyclic) bond motifs is 4. The largest absolute Gasteiger partial charge is 0.454 e. The van der Waals surface area contributed by atoms with E-state index in [1.165, 1.54) is 35.4 Å². The number of Topliss-reactive ketones (excluding diaryl/α,β-unsaturated/α-hetero) is 1. The van der Waals surface area contributed by atoms with Crippen LogP contribution in [0.4, 0.5) is 5.69 Å². The molecular weight excluding hydrogens is 574 g/mol. The number of hydrogen-bond acceptors (Lipinski definition) is 8. The normalized spacial score (nSPS) is 16.3. The molecule has 8 nitrogen and oxygen atoms in total. The van der Waals surface area contributed by atoms with Crippen molar-refractivity contribution in [1.82, 2.24) is 4.98 Å². The number of benzene rings is 3. The molecule has 2 aliphatic carbocycles. The summed E-state index contributed by atoms with van der Waals surface area (Å²) in [6.07, 6.45) is 3.45. The third-order valence-corrected chi connectivity index (χ3v) is 9.49. The third-order valence-electron chi connectivity index (χ3n) is 8.31. The monoisotopic (exact) mass is 599 g/mol. The molecule has 1 atom stereocenters. The van der Waals surface area contributed by atoms with E-state index in [0.717, 1.165) is 64.7 Å². The highest BCUT2D eigenvalue weighted by molar-refractivity contribution is 8.00. The first kappa shape index (κ1) is 27.7. The number of ketones is 1. The highest BCUT2D eigenvalue weighted by atomic mass is 32.2. The molecule has 216 valence electrons. The van der Waals surface area contributed by atoms with Crippen LogP contribution in [0, 0.1) is 11.3 Å². The molecule has 1 unspecified atom stereocenters. The summed E-state index contributed by atoms with van der Waals surface area (Å²) >= 11 is 1.15. The van der Waals surface area contributed by atoms with E-state index in [4.69, 9.17) is 4.74 Å². The topological polar surface area (TPSA) is 117 Å². The number of aromatic nitrogens is 1. The number of nitrogens with zero attached hydrogens (tertiary/aromatic N) is 3. The molecule has 7 rings (SSSR count). The van der Waals surface area contributed by atoms with Gasteiger partial charge in [-0.3, -0.25) is 14.4 Å². The molecular formula is C35H25N3O5S. The standard InChI is InChI=1S/C35H25N3O5S/c36-18-25-15-22-5-3-7-29(22)37-33(25)44-31-17-32(40)38(34(31)41)26-11-8-20(9-12-26)35(42)43-19-30(39)23-10-13-28-24(16-23)14-21-4-1-2-6-27(21)28/h1-2,4,6,8-13,15-16,31H,3,5,7,14,17,19H2. The second-order valence-electron chi connectivity index (χ2n) is 11.0. The van der Waals surface area contributed by atoms with E-state index in [2.05, 4.69) is 23.2 Å². The molecule has 0 saturated carbocycles. The van der Waals surface area contributed by atoms with Crippen LogP contribution in [0.2, 0.25) is 0 Å². The zero-order chi connectivity index (χ0) is 30.4. The summed E-state index contributed by atoms with van der Waals surface area (Å²) in [4.78, 5) is 57.4. The minimum atomic E-state index is -0.703. The Hall–Kier alpha value is -5.07. The molecule has 2 heterocycles. The highest BCUT2D eigenvalue weighted by Gasteiger charge is 2.41. The van der Waals surface area contributed by atoms with Gasteiger partial charge in [0.25, 0.3) is 0 Å². The Morgan fingerprint density at radius 3 is 2.52 bits per heavy atom. The van der Waals surface area contributed by atoms with Gasteiger partial charge in [0.1, 0.15) is 11.1 Å². The molecule has 4 aromatic rings. The van der Waals surface area contributed by atoms with Crippen molar-refractivity contribution in [3.05, 3.63) is 112 Å². The number of aryl methyl sites for hydroxylation is 2. The minimum Gasteiger partial charge on any atom is -0.454 e. The highest BCUT2D eigenvalue weighted by Crippen LogP contribution is 2.38. The summed E-state index contributed by atoms with van der Waals surface area (Å²) in [5.41, 5.74) is 8.01. The van der Waals surface area contributed by atoms with Gasteiger partial charge >= 0.3 is 5.97 Å². The first-order valence-electron chi connectivity index (χ1n) is 14.4. The average molecular weight is 600 g/mol. The van der Waals surface area contributed by atoms with E-state index in [1.54, 1.807) is 6.07 Å². The van der Waals surface area contributed by atoms with Crippen molar-refractivity contribution >= 4 is 41.0 Å². The number of amides is 2. The predicted molar refractivity (Wildman–Crippen MR) is 163 cm³/mol. The summed E-state index contributed by atoms with van der Waals surface area (Å²) in [5, 5.41) is 9.38. The molecule has 44 heavy (non-hydrogen) atoms. The van der Waals surface area contributed by atoms with Gasteiger partial charge in [0.15, 0.2) is 12.4 Å². The Morgan fingerprint density at radius 2 is 1.70 bits per heavy atom. The van der Waals surface area contributed by atoms with Gasteiger partial charge in [-0.05, 0) is 89.9 Å². The number of hydrogen-bond donors (Lipinski definition) is 0. The molecule has 0 spiro atoms. The van der Waals surface area contributed by atoms with Crippen molar-refractivity contribution in [3.63, 3.8) is 0 Å². The van der Waals surface area contributed by atoms with E-state index < -0.39 is 23.7 Å². The number of carbonyl (C=O) groups is 4. The molecule has 0 radical (unpaired) electrons. The van der Waals surface area contributed by atoms with Crippen LogP contribution < -0.4 is 4.90 Å². The van der Waals surface area contributed by atoms with Crippen LogP contribution in [0.3, 0.4) is 0 Å². The van der Waals surface area contributed by atoms with Crippen LogP contribution >= 0.6 is 11.8 Å². The number of nitriles is 1. The maximum Gasteiger partial charge on any atom is 0.338 e. The summed E-state index contributed by atoms with van der Waals surface area (Å²) in [5.74, 6) is -1.75. The second kappa shape index (κ2) is 11.2. The average Bonchev–Trinajstić information content (AvgIpc) is 3.73. The summed E-state index contributed by atoms with van der Waals surface area (Å²) < 4.78 is 5.30. The van der Waals surface area contributed by atoms with Gasteiger partial charge in [-0.1, -0.05) is 48.2 Å². The molecule has 0 bridgehead atoms. The van der Waals surface area contributed by atoms with Crippen LogP contribution in [0.25, 0.3) is 11.1 Å². The SMILES string of the molecule is N#Cc1cc2c(nc1SC1CC(=O)N(c3ccc(C(=O)OCC(=O)c4ccc5c(c4)Cc4ccccc4-5)cc3)C1=O)CCC2. The quantitative estimate of drug-likeness (QED) is 0.137. The molecule has 2 amide bonds. The fourth-order valence-corrected chi connectivity index (χ4v) is 7.18. The lowest BCUT2D eigenvalue weighted by atomic mass is 10.0. The van der Waals surface area contributed by atoms with Crippen molar-refractivity contribution in [2.45, 2.75) is 42.4 Å². The lowest BCUT2D eigenvalue weighted by molar-refractivity contribution is -0.121. The predicted octanol–water partition coefficient (Wildman–Crippen LogP) is 5.48. The number of anilines is 1. The Bertz CT molecular complexity index is 1930. The van der Waals surface area contributed by atoms with Crippen LogP contribution in [0.15, 0.2) is 77.8 Å². The van der Waals surface area contributed by atoms with Gasteiger partial charge in [-0.15, -0.1) is 0 Å². The zero-order valence-electron chi connectivity index (χ0n) is 23.5. The van der Waals surface area contributed by atoms with Gasteiger partial charge < -0.3 is 4.74 Å². The molecule has 3 aliphatic rings. The smallest absolute Gasteiger partial charge is 0.338 e. The maximum atomic E-state index is 13.3. The van der Waals surface area contributed by atoms with Gasteiger partial charge in [-0.2, -0.15) is 5.26 Å². The lowest BCUT2D eigenvalue weighted by Crippen LogP contribution is -2.31. The van der Waals surface area contributed by atoms with Gasteiger partial charge in [-0.25, -0.2) is 14.7 Å². The van der Waals surface area contributed by atoms with Crippen molar-refractivity contribution in [3.8, 4) is 17.2 Å². The molecule has 1 fully saturated rings. The number of esters is 1. The fourth-order valence-electron chi connectivity index (χ4n) is 6.09. The number of pyridine rings is 1. The number of ether oxygens (including phenoxy) is 1. The lowest BCUT2D eigenvalue weighted by Gasteiger charge is -2.15. The van der Waals surface area contributed by atoms with Crippen molar-refractivity contribution in [2.24, 2.45) is 0 Å². The van der Waals surface area contributed by atoms with Crippen LogP contribution in [0.1, 0.15) is 61.5 Å². The first-order valence-corrected chi connectivity index (χ1v) is 15.3. The van der Waals surface area contributed by atoms with Gasteiger partial charge in [0.05, 0.1) is 22.1 Å². The van der Waals surface area contributed by atoms with Crippen molar-refractivity contribution in [2.75, 3.05) is 11.5 Å². The van der Waals surface area contributed by atoms with Crippen LogP contribution in [-0.2, 0) is 33.6 Å². The molecule has 9 heteroatoms. The second-order valence-corrected chi connectivity index (χ2v) is 12.2. The minimum absolute atomic E-state index is 0.0200. The number of thioether (sulfide) groups is 1. The number of carbonyl (C=O) groups excluding carboxylic acids is 4. The Labute approximate surface area is 257 Å². The Kier molecular flexibility index (Phi) is 7.07. The number of rotatable bonds is 7. The fraction of sp³-hybridized carbons (Fsp3) is 0.200. The van der Waals surface area contributed by atoms with E-state index in [9.17, 15) is 24.4 Å². The van der Waals surface area contributed by atoms with Gasteiger partial charge in [0.2, 0.25) is 11.8 Å². The summed E-state index contributed by atoms with van der Waals surface area (Å²) in [6.45, 7) is -0.407. The van der Waals surface area contributed by atoms with E-state index in [0.29, 0.717) is 21.8 Å². The van der Waals surface area contributed by atoms with E-state index >= 15 is 0 Å². The molecule has 0 N–H and O–H groups in total. The van der Waals surface area contributed by atoms with Gasteiger partial charge in [0, 0.05) is 17.7 Å². The van der Waals surface area contributed by atoms with E-state index in [1.807, 2.05) is 30.3 Å². The summed E-state index contributed by atoms with van der Waals surface area (Å²) in [7, 11) is 0. The molecule has 1 aromatic heterocycles. The zero-order valence-corrected chi connectivity index (χ0v) is 24.4. The summed E-state index contributed by atoms with van der Waals surface area (Å²) in [6, 6.07) is 23.6. The molecule has 1 aliphatic heterocycles. The third kappa shape index (κ3) is 4.97. The van der Waals surface area contributed by atoms with E-state index in [-0.39, 0.29) is 23.7 Å². The van der Waals surface area contributed by atoms with Crippen LogP contribution in [-0.4, -0.2) is 40.4 Å². The Morgan fingerprint density at radius 1 is 0.932 bits per heavy atom. The number of imide groups is 1. The Balaban J connectivity index is 0.983. The van der Waals surface area contributed by atoms with Crippen LogP contribution in [0.5, 0.6) is 0 Å². The molecule has 1 saturated heterocycles.